The smallest absolute Gasteiger partial charge is 0.205 e. The van der Waals surface area contributed by atoms with Gasteiger partial charge in [-0.3, -0.25) is 0 Å². The highest BCUT2D eigenvalue weighted by molar-refractivity contribution is 6.31. The van der Waals surface area contributed by atoms with E-state index in [1.807, 2.05) is 85.8 Å². The number of hydrogen-bond donors (Lipinski definition) is 2. The summed E-state index contributed by atoms with van der Waals surface area (Å²) in [5, 5.41) is 11.6. The van der Waals surface area contributed by atoms with Crippen molar-refractivity contribution in [2.75, 3.05) is 0 Å². The second kappa shape index (κ2) is 7.96. The number of nitrogens with two attached hydrogens (primary N) is 1. The van der Waals surface area contributed by atoms with E-state index in [-0.39, 0.29) is 5.88 Å². The number of aromatic nitrogens is 1. The Morgan fingerprint density at radius 1 is 1.00 bits per heavy atom. The molecule has 1 aliphatic rings. The van der Waals surface area contributed by atoms with Gasteiger partial charge in [0.2, 0.25) is 5.88 Å². The molecule has 0 saturated heterocycles. The lowest BCUT2D eigenvalue weighted by Gasteiger charge is -2.24. The van der Waals surface area contributed by atoms with Crippen molar-refractivity contribution in [1.82, 2.24) is 4.98 Å². The number of benzene rings is 3. The van der Waals surface area contributed by atoms with E-state index in [4.69, 9.17) is 22.1 Å². The average molecular weight is 438 g/mol. The fourth-order valence-corrected chi connectivity index (χ4v) is 4.33. The summed E-state index contributed by atoms with van der Waals surface area (Å²) in [4.78, 5) is 3.53. The van der Waals surface area contributed by atoms with E-state index in [0.29, 0.717) is 16.4 Å². The SMILES string of the molecule is Cc1ccc(C2=CC(c3c(-c4ccccc4)[nH]c4ccc(Cl)cc34)C(C#N)=C(N)O2)cc1. The second-order valence-electron chi connectivity index (χ2n) is 7.84. The first kappa shape index (κ1) is 20.0. The van der Waals surface area contributed by atoms with Crippen molar-refractivity contribution in [3.63, 3.8) is 0 Å². The molecule has 0 radical (unpaired) electrons. The van der Waals surface area contributed by atoms with Crippen molar-refractivity contribution in [2.24, 2.45) is 5.73 Å². The molecule has 5 rings (SSSR count). The van der Waals surface area contributed by atoms with E-state index in [1.165, 1.54) is 0 Å². The van der Waals surface area contributed by atoms with Crippen LogP contribution in [-0.2, 0) is 4.74 Å². The van der Waals surface area contributed by atoms with Crippen LogP contribution in [-0.4, -0.2) is 4.98 Å². The van der Waals surface area contributed by atoms with Crippen molar-refractivity contribution >= 4 is 28.3 Å². The normalized spacial score (nSPS) is 15.9. The lowest BCUT2D eigenvalue weighted by Crippen LogP contribution is -2.16. The van der Waals surface area contributed by atoms with Gasteiger partial charge in [0.1, 0.15) is 17.4 Å². The summed E-state index contributed by atoms with van der Waals surface area (Å²) in [7, 11) is 0. The number of H-pyrrole nitrogens is 1. The number of nitrogens with zero attached hydrogens (tertiary/aromatic N) is 1. The van der Waals surface area contributed by atoms with Crippen LogP contribution in [0.4, 0.5) is 0 Å². The number of aryl methyl sites for hydroxylation is 1. The maximum atomic E-state index is 9.98. The van der Waals surface area contributed by atoms with E-state index >= 15 is 0 Å². The molecule has 32 heavy (non-hydrogen) atoms. The van der Waals surface area contributed by atoms with Gasteiger partial charge in [-0.2, -0.15) is 5.26 Å². The minimum absolute atomic E-state index is 0.117. The predicted molar refractivity (Wildman–Crippen MR) is 129 cm³/mol. The Kier molecular flexibility index (Phi) is 4.97. The highest BCUT2D eigenvalue weighted by Gasteiger charge is 2.30. The molecular weight excluding hydrogens is 418 g/mol. The summed E-state index contributed by atoms with van der Waals surface area (Å²) in [6.07, 6.45) is 1.97. The minimum Gasteiger partial charge on any atom is -0.440 e. The van der Waals surface area contributed by atoms with Crippen LogP contribution in [0.3, 0.4) is 0 Å². The molecule has 4 aromatic rings. The van der Waals surface area contributed by atoms with E-state index in [9.17, 15) is 5.26 Å². The van der Waals surface area contributed by atoms with Gasteiger partial charge in [0, 0.05) is 27.4 Å². The summed E-state index contributed by atoms with van der Waals surface area (Å²) >= 11 is 6.37. The highest BCUT2D eigenvalue weighted by atomic mass is 35.5. The molecule has 1 aromatic heterocycles. The Balaban J connectivity index is 1.78. The number of hydrogen-bond acceptors (Lipinski definition) is 3. The first-order chi connectivity index (χ1) is 15.5. The van der Waals surface area contributed by atoms with Crippen molar-refractivity contribution in [3.8, 4) is 17.3 Å². The lowest BCUT2D eigenvalue weighted by molar-refractivity contribution is 0.361. The second-order valence-corrected chi connectivity index (χ2v) is 8.27. The maximum Gasteiger partial charge on any atom is 0.205 e. The van der Waals surface area contributed by atoms with E-state index in [2.05, 4.69) is 11.1 Å². The van der Waals surface area contributed by atoms with Gasteiger partial charge in [0.25, 0.3) is 0 Å². The van der Waals surface area contributed by atoms with Gasteiger partial charge >= 0.3 is 0 Å². The topological polar surface area (TPSA) is 74.8 Å². The minimum atomic E-state index is -0.396. The van der Waals surface area contributed by atoms with Gasteiger partial charge in [-0.15, -0.1) is 0 Å². The molecule has 0 fully saturated rings. The fourth-order valence-electron chi connectivity index (χ4n) is 4.16. The Labute approximate surface area is 191 Å². The predicted octanol–water partition coefficient (Wildman–Crippen LogP) is 6.65. The zero-order valence-electron chi connectivity index (χ0n) is 17.4. The van der Waals surface area contributed by atoms with Crippen LogP contribution in [0.15, 0.2) is 90.3 Å². The third-order valence-electron chi connectivity index (χ3n) is 5.75. The molecule has 4 nitrogen and oxygen atoms in total. The summed E-state index contributed by atoms with van der Waals surface area (Å²) in [6, 6.07) is 26.1. The molecule has 1 unspecified atom stereocenters. The number of halogens is 1. The Hall–Kier alpha value is -3.94. The lowest BCUT2D eigenvalue weighted by atomic mass is 9.85. The molecule has 0 bridgehead atoms. The van der Waals surface area contributed by atoms with E-state index < -0.39 is 5.92 Å². The zero-order valence-corrected chi connectivity index (χ0v) is 18.1. The standard InChI is InChI=1S/C27H20ClN3O/c1-16-7-9-17(10-8-16)24-14-20(22(15-29)27(30)32-24)25-21-13-19(28)11-12-23(21)31-26(25)18-5-3-2-4-6-18/h2-14,20,31H,30H2,1H3. The first-order valence-corrected chi connectivity index (χ1v) is 10.7. The van der Waals surface area contributed by atoms with Gasteiger partial charge in [0.15, 0.2) is 0 Å². The number of aromatic amines is 1. The zero-order chi connectivity index (χ0) is 22.2. The van der Waals surface area contributed by atoms with Crippen LogP contribution < -0.4 is 5.73 Å². The van der Waals surface area contributed by atoms with Crippen LogP contribution in [0.25, 0.3) is 27.9 Å². The first-order valence-electron chi connectivity index (χ1n) is 10.3. The largest absolute Gasteiger partial charge is 0.440 e. The quantitative estimate of drug-likeness (QED) is 0.377. The van der Waals surface area contributed by atoms with Gasteiger partial charge in [-0.25, -0.2) is 0 Å². The average Bonchev–Trinajstić information content (AvgIpc) is 3.18. The van der Waals surface area contributed by atoms with Gasteiger partial charge in [-0.05, 0) is 42.3 Å². The van der Waals surface area contributed by atoms with Gasteiger partial charge in [-0.1, -0.05) is 71.8 Å². The number of nitriles is 1. The summed E-state index contributed by atoms with van der Waals surface area (Å²) in [6.45, 7) is 2.03. The van der Waals surface area contributed by atoms with Crippen LogP contribution in [0.1, 0.15) is 22.6 Å². The van der Waals surface area contributed by atoms with Crippen molar-refractivity contribution < 1.29 is 4.74 Å². The number of rotatable bonds is 3. The fraction of sp³-hybridized carbons (Fsp3) is 0.0741. The third kappa shape index (κ3) is 3.43. The van der Waals surface area contributed by atoms with Crippen LogP contribution >= 0.6 is 11.6 Å². The van der Waals surface area contributed by atoms with Crippen molar-refractivity contribution in [2.45, 2.75) is 12.8 Å². The molecule has 1 aliphatic heterocycles. The molecule has 0 amide bonds. The number of fused-ring (bicyclic) bond motifs is 1. The van der Waals surface area contributed by atoms with Crippen LogP contribution in [0.2, 0.25) is 5.02 Å². The molecule has 0 aliphatic carbocycles. The van der Waals surface area contributed by atoms with Crippen molar-refractivity contribution in [1.29, 1.82) is 5.26 Å². The van der Waals surface area contributed by atoms with E-state index in [1.54, 1.807) is 0 Å². The number of nitrogens with one attached hydrogen (secondary N) is 1. The molecule has 1 atom stereocenters. The van der Waals surface area contributed by atoms with Crippen LogP contribution in [0, 0.1) is 18.3 Å². The molecule has 5 heteroatoms. The number of ether oxygens (including phenoxy) is 1. The summed E-state index contributed by atoms with van der Waals surface area (Å²) < 4.78 is 5.89. The monoisotopic (exact) mass is 437 g/mol. The summed E-state index contributed by atoms with van der Waals surface area (Å²) in [5.74, 6) is 0.348. The van der Waals surface area contributed by atoms with Crippen LogP contribution in [0.5, 0.6) is 0 Å². The molecule has 3 aromatic carbocycles. The molecular formula is C27H20ClN3O. The summed E-state index contributed by atoms with van der Waals surface area (Å²) in [5.41, 5.74) is 12.5. The highest BCUT2D eigenvalue weighted by Crippen LogP contribution is 2.44. The Morgan fingerprint density at radius 2 is 1.75 bits per heavy atom. The molecule has 156 valence electrons. The molecule has 0 saturated carbocycles. The van der Waals surface area contributed by atoms with Gasteiger partial charge < -0.3 is 15.5 Å². The molecule has 0 spiro atoms. The van der Waals surface area contributed by atoms with Gasteiger partial charge in [0.05, 0.1) is 5.69 Å². The molecule has 2 heterocycles. The van der Waals surface area contributed by atoms with E-state index in [0.717, 1.165) is 38.9 Å². The third-order valence-corrected chi connectivity index (χ3v) is 5.98. The van der Waals surface area contributed by atoms with Crippen molar-refractivity contribution in [3.05, 3.63) is 112 Å². The number of allylic oxidation sites excluding steroid dienone is 2. The molecule has 3 N–H and O–H groups in total. The Morgan fingerprint density at radius 3 is 2.47 bits per heavy atom. The maximum absolute atomic E-state index is 9.98. The Bertz CT molecular complexity index is 1420.